The predicted octanol–water partition coefficient (Wildman–Crippen LogP) is 1.31. The van der Waals surface area contributed by atoms with Crippen molar-refractivity contribution in [3.05, 3.63) is 17.5 Å². The van der Waals surface area contributed by atoms with Crippen LogP contribution < -0.4 is 0 Å². The topological polar surface area (TPSA) is 55.1 Å². The highest BCUT2D eigenvalue weighted by atomic mass is 16.4. The molecule has 0 spiro atoms. The van der Waals surface area contributed by atoms with Gasteiger partial charge in [0, 0.05) is 18.3 Å². The summed E-state index contributed by atoms with van der Waals surface area (Å²) < 4.78 is 1.70. The van der Waals surface area contributed by atoms with E-state index in [2.05, 4.69) is 5.10 Å². The van der Waals surface area contributed by atoms with Crippen LogP contribution in [0.5, 0.6) is 0 Å². The zero-order chi connectivity index (χ0) is 10.0. The highest BCUT2D eigenvalue weighted by Gasteiger charge is 2.21. The van der Waals surface area contributed by atoms with Gasteiger partial charge in [0.1, 0.15) is 0 Å². The normalized spacial score (nSPS) is 12.8. The van der Waals surface area contributed by atoms with Crippen molar-refractivity contribution in [1.29, 1.82) is 0 Å². The fourth-order valence-electron chi connectivity index (χ4n) is 1.39. The largest absolute Gasteiger partial charge is 0.481 e. The monoisotopic (exact) mass is 182 g/mol. The van der Waals surface area contributed by atoms with E-state index in [0.717, 1.165) is 11.3 Å². The summed E-state index contributed by atoms with van der Waals surface area (Å²) in [6, 6.07) is 0. The Kier molecular flexibility index (Phi) is 2.70. The van der Waals surface area contributed by atoms with Crippen LogP contribution in [-0.2, 0) is 11.8 Å². The molecule has 4 heteroatoms. The van der Waals surface area contributed by atoms with Crippen molar-refractivity contribution in [2.75, 3.05) is 0 Å². The van der Waals surface area contributed by atoms with E-state index in [9.17, 15) is 4.79 Å². The molecule has 1 N–H and O–H groups in total. The molecule has 0 saturated heterocycles. The molecular formula is C9H14N2O2. The lowest BCUT2D eigenvalue weighted by Gasteiger charge is -2.08. The lowest BCUT2D eigenvalue weighted by Crippen LogP contribution is -2.11. The van der Waals surface area contributed by atoms with E-state index < -0.39 is 11.9 Å². The summed E-state index contributed by atoms with van der Waals surface area (Å²) >= 11 is 0. The molecule has 4 nitrogen and oxygen atoms in total. The zero-order valence-electron chi connectivity index (χ0n) is 8.11. The van der Waals surface area contributed by atoms with E-state index in [1.54, 1.807) is 10.9 Å². The molecule has 0 aliphatic heterocycles. The van der Waals surface area contributed by atoms with Crippen LogP contribution in [0.25, 0.3) is 0 Å². The van der Waals surface area contributed by atoms with Gasteiger partial charge < -0.3 is 5.11 Å². The van der Waals surface area contributed by atoms with E-state index in [1.807, 2.05) is 20.9 Å². The molecule has 1 aromatic rings. The summed E-state index contributed by atoms with van der Waals surface area (Å²) in [5.41, 5.74) is 1.74. The van der Waals surface area contributed by atoms with Gasteiger partial charge >= 0.3 is 5.97 Å². The third-order valence-corrected chi connectivity index (χ3v) is 2.35. The first-order chi connectivity index (χ1) is 6.07. The van der Waals surface area contributed by atoms with Crippen molar-refractivity contribution in [2.45, 2.75) is 26.2 Å². The van der Waals surface area contributed by atoms with Crippen LogP contribution in [0.1, 0.15) is 30.5 Å². The number of carboxylic acid groups (broad SMARTS) is 1. The van der Waals surface area contributed by atoms with E-state index in [-0.39, 0.29) is 0 Å². The number of carbonyl (C=O) groups is 1. The molecular weight excluding hydrogens is 168 g/mol. The molecule has 0 aliphatic rings. The van der Waals surface area contributed by atoms with Gasteiger partial charge in [0.15, 0.2) is 0 Å². The molecule has 1 aromatic heterocycles. The van der Waals surface area contributed by atoms with Crippen molar-refractivity contribution < 1.29 is 9.90 Å². The molecule has 0 saturated carbocycles. The maximum atomic E-state index is 10.9. The maximum absolute atomic E-state index is 10.9. The number of hydrogen-bond donors (Lipinski definition) is 1. The summed E-state index contributed by atoms with van der Waals surface area (Å²) in [6.07, 6.45) is 2.24. The third-order valence-electron chi connectivity index (χ3n) is 2.35. The Balaban J connectivity index is 3.05. The Bertz CT molecular complexity index is 317. The fraction of sp³-hybridized carbons (Fsp3) is 0.556. The molecule has 72 valence electrons. The van der Waals surface area contributed by atoms with Crippen molar-refractivity contribution in [1.82, 2.24) is 9.78 Å². The molecule has 1 atom stereocenters. The Labute approximate surface area is 77.2 Å². The van der Waals surface area contributed by atoms with Gasteiger partial charge in [0.05, 0.1) is 12.1 Å². The second-order valence-electron chi connectivity index (χ2n) is 3.11. The Morgan fingerprint density at radius 3 is 2.69 bits per heavy atom. The SMILES string of the molecule is CCC(C(=O)O)c1cnn(C)c1C. The summed E-state index contributed by atoms with van der Waals surface area (Å²) in [4.78, 5) is 10.9. The number of aryl methyl sites for hydroxylation is 1. The summed E-state index contributed by atoms with van der Waals surface area (Å²) in [6.45, 7) is 3.75. The quantitative estimate of drug-likeness (QED) is 0.766. The Morgan fingerprint density at radius 1 is 1.77 bits per heavy atom. The van der Waals surface area contributed by atoms with Gasteiger partial charge in [-0.1, -0.05) is 6.92 Å². The molecule has 0 radical (unpaired) electrons. The van der Waals surface area contributed by atoms with Crippen molar-refractivity contribution >= 4 is 5.97 Å². The number of aromatic nitrogens is 2. The minimum Gasteiger partial charge on any atom is -0.481 e. The van der Waals surface area contributed by atoms with Crippen LogP contribution >= 0.6 is 0 Å². The van der Waals surface area contributed by atoms with E-state index in [0.29, 0.717) is 6.42 Å². The number of aliphatic carboxylic acids is 1. The predicted molar refractivity (Wildman–Crippen MR) is 48.6 cm³/mol. The molecule has 0 aromatic carbocycles. The minimum absolute atomic E-state index is 0.423. The molecule has 0 bridgehead atoms. The van der Waals surface area contributed by atoms with E-state index >= 15 is 0 Å². The summed E-state index contributed by atoms with van der Waals surface area (Å²) in [7, 11) is 1.81. The lowest BCUT2D eigenvalue weighted by molar-refractivity contribution is -0.138. The summed E-state index contributed by atoms with van der Waals surface area (Å²) in [5.74, 6) is -1.20. The molecule has 0 fully saturated rings. The second kappa shape index (κ2) is 3.60. The van der Waals surface area contributed by atoms with Gasteiger partial charge in [0.25, 0.3) is 0 Å². The number of rotatable bonds is 3. The van der Waals surface area contributed by atoms with Crippen LogP contribution in [0.3, 0.4) is 0 Å². The first kappa shape index (κ1) is 9.77. The first-order valence-corrected chi connectivity index (χ1v) is 4.29. The minimum atomic E-state index is -0.779. The first-order valence-electron chi connectivity index (χ1n) is 4.29. The molecule has 0 amide bonds. The Hall–Kier alpha value is -1.32. The van der Waals surface area contributed by atoms with E-state index in [1.165, 1.54) is 0 Å². The summed E-state index contributed by atoms with van der Waals surface area (Å²) in [5, 5.41) is 12.9. The van der Waals surface area contributed by atoms with Gasteiger partial charge in [-0.2, -0.15) is 5.10 Å². The average molecular weight is 182 g/mol. The van der Waals surface area contributed by atoms with Gasteiger partial charge in [-0.25, -0.2) is 0 Å². The van der Waals surface area contributed by atoms with Crippen LogP contribution in [0.15, 0.2) is 6.20 Å². The molecule has 1 unspecified atom stereocenters. The van der Waals surface area contributed by atoms with Gasteiger partial charge in [-0.15, -0.1) is 0 Å². The van der Waals surface area contributed by atoms with Crippen molar-refractivity contribution in [2.24, 2.45) is 7.05 Å². The maximum Gasteiger partial charge on any atom is 0.311 e. The molecule has 13 heavy (non-hydrogen) atoms. The fourth-order valence-corrected chi connectivity index (χ4v) is 1.39. The van der Waals surface area contributed by atoms with Gasteiger partial charge in [0.2, 0.25) is 0 Å². The highest BCUT2D eigenvalue weighted by molar-refractivity contribution is 5.76. The second-order valence-corrected chi connectivity index (χ2v) is 3.11. The zero-order valence-corrected chi connectivity index (χ0v) is 8.11. The molecule has 0 aliphatic carbocycles. The molecule has 1 heterocycles. The molecule has 1 rings (SSSR count). The standard InChI is InChI=1S/C9H14N2O2/c1-4-7(9(12)13)8-5-10-11(3)6(8)2/h5,7H,4H2,1-3H3,(H,12,13). The van der Waals surface area contributed by atoms with Crippen molar-refractivity contribution in [3.63, 3.8) is 0 Å². The number of carboxylic acids is 1. The Morgan fingerprint density at radius 2 is 2.38 bits per heavy atom. The van der Waals surface area contributed by atoms with Gasteiger partial charge in [-0.3, -0.25) is 9.48 Å². The smallest absolute Gasteiger partial charge is 0.311 e. The lowest BCUT2D eigenvalue weighted by atomic mass is 9.98. The van der Waals surface area contributed by atoms with Crippen LogP contribution in [0, 0.1) is 6.92 Å². The van der Waals surface area contributed by atoms with Crippen LogP contribution in [-0.4, -0.2) is 20.9 Å². The number of hydrogen-bond acceptors (Lipinski definition) is 2. The van der Waals surface area contributed by atoms with Crippen LogP contribution in [0.4, 0.5) is 0 Å². The number of nitrogens with zero attached hydrogens (tertiary/aromatic N) is 2. The van der Waals surface area contributed by atoms with Crippen molar-refractivity contribution in [3.8, 4) is 0 Å². The van der Waals surface area contributed by atoms with E-state index in [4.69, 9.17) is 5.11 Å². The van der Waals surface area contributed by atoms with Gasteiger partial charge in [-0.05, 0) is 13.3 Å². The van der Waals surface area contributed by atoms with Crippen LogP contribution in [0.2, 0.25) is 0 Å². The third kappa shape index (κ3) is 1.71. The average Bonchev–Trinajstić information content (AvgIpc) is 2.37. The highest BCUT2D eigenvalue weighted by Crippen LogP contribution is 2.22.